The fourth-order valence-electron chi connectivity index (χ4n) is 5.03. The standard InChI is InChI=1S/C24H30N8O2/c1-16-26-21-4-3-20(28-23(21)31(16)9-10-33-2)19-5-6-32-22(19)15-25-24(29-32)27-17-13-18(14-17)30-7-11-34-12-8-30/h3-6,15,17-18H,7-14H2,1-2H3,(H,27,29)/t17-,18-. The number of aryl methyl sites for hydroxylation is 1. The van der Waals surface area contributed by atoms with E-state index in [2.05, 4.69) is 24.8 Å². The smallest absolute Gasteiger partial charge is 0.241 e. The van der Waals surface area contributed by atoms with Crippen molar-refractivity contribution in [3.05, 3.63) is 36.4 Å². The minimum absolute atomic E-state index is 0.417. The second kappa shape index (κ2) is 8.94. The molecule has 10 heteroatoms. The van der Waals surface area contributed by atoms with Gasteiger partial charge in [-0.3, -0.25) is 4.90 Å². The van der Waals surface area contributed by atoms with Crippen LogP contribution in [0.1, 0.15) is 18.7 Å². The van der Waals surface area contributed by atoms with Crippen LogP contribution < -0.4 is 5.32 Å². The van der Waals surface area contributed by atoms with Crippen LogP contribution in [0.25, 0.3) is 27.9 Å². The van der Waals surface area contributed by atoms with E-state index in [1.807, 2.05) is 42.0 Å². The monoisotopic (exact) mass is 462 g/mol. The van der Waals surface area contributed by atoms with Crippen LogP contribution in [0, 0.1) is 6.92 Å². The summed E-state index contributed by atoms with van der Waals surface area (Å²) < 4.78 is 14.7. The van der Waals surface area contributed by atoms with Crippen LogP contribution in [0.2, 0.25) is 0 Å². The summed E-state index contributed by atoms with van der Waals surface area (Å²) in [6.07, 6.45) is 6.09. The fourth-order valence-corrected chi connectivity index (χ4v) is 5.03. The minimum atomic E-state index is 0.417. The molecule has 1 aliphatic heterocycles. The van der Waals surface area contributed by atoms with Crippen molar-refractivity contribution in [3.63, 3.8) is 0 Å². The molecule has 5 heterocycles. The number of anilines is 1. The molecule has 178 valence electrons. The molecule has 2 fully saturated rings. The largest absolute Gasteiger partial charge is 0.383 e. The molecule has 0 atom stereocenters. The predicted octanol–water partition coefficient (Wildman–Crippen LogP) is 2.37. The number of rotatable bonds is 7. The number of pyridine rings is 1. The van der Waals surface area contributed by atoms with E-state index in [0.29, 0.717) is 24.6 Å². The number of ether oxygens (including phenoxy) is 2. The molecule has 0 unspecified atom stereocenters. The van der Waals surface area contributed by atoms with E-state index >= 15 is 0 Å². The van der Waals surface area contributed by atoms with Crippen molar-refractivity contribution in [1.82, 2.24) is 34.0 Å². The third-order valence-corrected chi connectivity index (χ3v) is 7.00. The second-order valence-electron chi connectivity index (χ2n) is 9.10. The molecule has 0 aromatic carbocycles. The van der Waals surface area contributed by atoms with Gasteiger partial charge < -0.3 is 19.4 Å². The minimum Gasteiger partial charge on any atom is -0.383 e. The summed E-state index contributed by atoms with van der Waals surface area (Å²) in [4.78, 5) is 16.7. The highest BCUT2D eigenvalue weighted by molar-refractivity contribution is 5.82. The van der Waals surface area contributed by atoms with Gasteiger partial charge in [0.2, 0.25) is 5.95 Å². The van der Waals surface area contributed by atoms with E-state index in [1.54, 1.807) is 7.11 Å². The number of hydrogen-bond donors (Lipinski definition) is 1. The average Bonchev–Trinajstić information content (AvgIpc) is 3.39. The third kappa shape index (κ3) is 3.91. The van der Waals surface area contributed by atoms with Gasteiger partial charge >= 0.3 is 0 Å². The maximum Gasteiger partial charge on any atom is 0.241 e. The highest BCUT2D eigenvalue weighted by atomic mass is 16.5. The lowest BCUT2D eigenvalue weighted by Gasteiger charge is -2.44. The van der Waals surface area contributed by atoms with Gasteiger partial charge in [-0.25, -0.2) is 19.5 Å². The topological polar surface area (TPSA) is 94.6 Å². The van der Waals surface area contributed by atoms with Crippen LogP contribution in [0.3, 0.4) is 0 Å². The molecular weight excluding hydrogens is 432 g/mol. The number of aromatic nitrogens is 6. The number of morpholine rings is 1. The molecule has 0 amide bonds. The van der Waals surface area contributed by atoms with E-state index in [-0.39, 0.29) is 0 Å². The molecule has 1 N–H and O–H groups in total. The van der Waals surface area contributed by atoms with Gasteiger partial charge in [0.15, 0.2) is 5.65 Å². The van der Waals surface area contributed by atoms with Gasteiger partial charge in [-0.05, 0) is 38.0 Å². The zero-order valence-electron chi connectivity index (χ0n) is 19.6. The van der Waals surface area contributed by atoms with Crippen molar-refractivity contribution >= 4 is 22.6 Å². The molecule has 6 rings (SSSR count). The molecule has 34 heavy (non-hydrogen) atoms. The lowest BCUT2D eigenvalue weighted by Crippen LogP contribution is -2.53. The third-order valence-electron chi connectivity index (χ3n) is 7.00. The Balaban J connectivity index is 1.20. The number of imidazole rings is 1. The number of nitrogens with one attached hydrogen (secondary N) is 1. The first kappa shape index (κ1) is 21.5. The molecule has 0 bridgehead atoms. The van der Waals surface area contributed by atoms with E-state index in [1.165, 1.54) is 0 Å². The Bertz CT molecular complexity index is 1300. The van der Waals surface area contributed by atoms with Gasteiger partial charge in [0.25, 0.3) is 0 Å². The summed E-state index contributed by atoms with van der Waals surface area (Å²) in [6.45, 7) is 7.11. The van der Waals surface area contributed by atoms with Gasteiger partial charge in [0.1, 0.15) is 11.3 Å². The zero-order chi connectivity index (χ0) is 23.1. The second-order valence-corrected chi connectivity index (χ2v) is 9.10. The maximum absolute atomic E-state index is 5.47. The molecule has 4 aromatic rings. The van der Waals surface area contributed by atoms with E-state index < -0.39 is 0 Å². The first-order chi connectivity index (χ1) is 16.7. The van der Waals surface area contributed by atoms with Crippen molar-refractivity contribution in [2.75, 3.05) is 45.3 Å². The van der Waals surface area contributed by atoms with Gasteiger partial charge in [0.05, 0.1) is 37.2 Å². The molecule has 0 radical (unpaired) electrons. The highest BCUT2D eigenvalue weighted by Gasteiger charge is 2.34. The normalized spacial score (nSPS) is 21.2. The van der Waals surface area contributed by atoms with Gasteiger partial charge in [-0.1, -0.05) is 0 Å². The number of nitrogens with zero attached hydrogens (tertiary/aromatic N) is 7. The predicted molar refractivity (Wildman–Crippen MR) is 129 cm³/mol. The molecule has 0 spiro atoms. The first-order valence-corrected chi connectivity index (χ1v) is 12.0. The average molecular weight is 463 g/mol. The SMILES string of the molecule is COCCn1c(C)nc2ccc(-c3ccn4nc(N[C@H]5C[C@H](N6CCOCC6)C5)ncc34)nc21. The molecule has 10 nitrogen and oxygen atoms in total. The van der Waals surface area contributed by atoms with Crippen LogP contribution in [0.4, 0.5) is 5.95 Å². The van der Waals surface area contributed by atoms with Gasteiger partial charge in [-0.15, -0.1) is 5.10 Å². The summed E-state index contributed by atoms with van der Waals surface area (Å²) in [5.74, 6) is 1.60. The zero-order valence-corrected chi connectivity index (χ0v) is 19.6. The van der Waals surface area contributed by atoms with E-state index in [4.69, 9.17) is 19.6 Å². The molecule has 1 aliphatic carbocycles. The Morgan fingerprint density at radius 2 is 2.00 bits per heavy atom. The summed E-state index contributed by atoms with van der Waals surface area (Å²) >= 11 is 0. The fraction of sp³-hybridized carbons (Fsp3) is 0.500. The summed E-state index contributed by atoms with van der Waals surface area (Å²) in [5, 5.41) is 8.21. The lowest BCUT2D eigenvalue weighted by atomic mass is 9.85. The maximum atomic E-state index is 5.47. The summed E-state index contributed by atoms with van der Waals surface area (Å²) in [6, 6.07) is 7.14. The van der Waals surface area contributed by atoms with Crippen molar-refractivity contribution in [2.45, 2.75) is 38.4 Å². The number of fused-ring (bicyclic) bond motifs is 2. The molecule has 2 aliphatic rings. The van der Waals surface area contributed by atoms with Crippen molar-refractivity contribution < 1.29 is 9.47 Å². The Morgan fingerprint density at radius 1 is 1.15 bits per heavy atom. The van der Waals surface area contributed by atoms with Crippen LogP contribution in [0.15, 0.2) is 30.6 Å². The Hall–Kier alpha value is -3.08. The molecular formula is C24H30N8O2. The Morgan fingerprint density at radius 3 is 2.82 bits per heavy atom. The quantitative estimate of drug-likeness (QED) is 0.447. The Labute approximate surface area is 197 Å². The lowest BCUT2D eigenvalue weighted by molar-refractivity contribution is -0.00443. The summed E-state index contributed by atoms with van der Waals surface area (Å²) in [7, 11) is 1.71. The highest BCUT2D eigenvalue weighted by Crippen LogP contribution is 2.29. The van der Waals surface area contributed by atoms with Crippen LogP contribution in [0.5, 0.6) is 0 Å². The van der Waals surface area contributed by atoms with E-state index in [0.717, 1.165) is 79.5 Å². The van der Waals surface area contributed by atoms with Gasteiger partial charge in [-0.2, -0.15) is 0 Å². The van der Waals surface area contributed by atoms with Gasteiger partial charge in [0, 0.05) is 50.6 Å². The van der Waals surface area contributed by atoms with Crippen molar-refractivity contribution in [2.24, 2.45) is 0 Å². The molecule has 1 saturated heterocycles. The first-order valence-electron chi connectivity index (χ1n) is 12.0. The van der Waals surface area contributed by atoms with Crippen molar-refractivity contribution in [3.8, 4) is 11.3 Å². The van der Waals surface area contributed by atoms with Crippen molar-refractivity contribution in [1.29, 1.82) is 0 Å². The van der Waals surface area contributed by atoms with Crippen LogP contribution in [-0.4, -0.2) is 86.1 Å². The van der Waals surface area contributed by atoms with E-state index in [9.17, 15) is 0 Å². The number of hydrogen-bond acceptors (Lipinski definition) is 8. The number of methoxy groups -OCH3 is 1. The molecule has 4 aromatic heterocycles. The van der Waals surface area contributed by atoms with Crippen LogP contribution in [-0.2, 0) is 16.0 Å². The van der Waals surface area contributed by atoms with Crippen LogP contribution >= 0.6 is 0 Å². The Kier molecular flexibility index (Phi) is 5.64. The molecule has 1 saturated carbocycles. The summed E-state index contributed by atoms with van der Waals surface area (Å²) in [5.41, 5.74) is 4.56.